The predicted molar refractivity (Wildman–Crippen MR) is 91.8 cm³/mol. The maximum atomic E-state index is 12.5. The minimum Gasteiger partial charge on any atom is -0.495 e. The second-order valence-electron chi connectivity index (χ2n) is 5.00. The molecule has 2 rings (SSSR count). The number of anilines is 1. The van der Waals surface area contributed by atoms with E-state index in [2.05, 4.69) is 5.32 Å². The van der Waals surface area contributed by atoms with Crippen LogP contribution in [-0.4, -0.2) is 32.1 Å². The van der Waals surface area contributed by atoms with Gasteiger partial charge in [-0.2, -0.15) is 0 Å². The molecule has 0 heterocycles. The minimum absolute atomic E-state index is 0.0436. The number of nitro groups is 1. The van der Waals surface area contributed by atoms with Crippen LogP contribution >= 0.6 is 0 Å². The average Bonchev–Trinajstić information content (AvgIpc) is 2.61. The first-order valence-corrected chi connectivity index (χ1v) is 8.91. The summed E-state index contributed by atoms with van der Waals surface area (Å²) in [6.45, 7) is 1.48. The van der Waals surface area contributed by atoms with E-state index in [0.717, 1.165) is 6.07 Å². The monoisotopic (exact) mass is 364 g/mol. The molecule has 0 unspecified atom stereocenters. The third-order valence-electron chi connectivity index (χ3n) is 3.49. The van der Waals surface area contributed by atoms with Crippen molar-refractivity contribution < 1.29 is 22.9 Å². The second kappa shape index (κ2) is 7.31. The van der Waals surface area contributed by atoms with Gasteiger partial charge in [0.05, 0.1) is 33.9 Å². The zero-order chi connectivity index (χ0) is 18.6. The van der Waals surface area contributed by atoms with Gasteiger partial charge in [0.15, 0.2) is 9.84 Å². The van der Waals surface area contributed by atoms with E-state index in [1.807, 2.05) is 0 Å². The SMILES string of the molecule is CCS(=O)(=O)c1ccccc1C(=O)Nc1cc([N+](=O)[O-])ccc1OC. The highest BCUT2D eigenvalue weighted by Crippen LogP contribution is 2.30. The summed E-state index contributed by atoms with van der Waals surface area (Å²) in [5, 5.41) is 13.4. The molecule has 0 fully saturated rings. The number of nitrogens with zero attached hydrogens (tertiary/aromatic N) is 1. The Morgan fingerprint density at radius 3 is 2.52 bits per heavy atom. The van der Waals surface area contributed by atoms with Gasteiger partial charge in [0, 0.05) is 12.1 Å². The molecule has 0 aliphatic carbocycles. The zero-order valence-electron chi connectivity index (χ0n) is 13.6. The maximum absolute atomic E-state index is 12.5. The van der Waals surface area contributed by atoms with Crippen LogP contribution in [0.5, 0.6) is 5.75 Å². The van der Waals surface area contributed by atoms with Gasteiger partial charge in [0.25, 0.3) is 11.6 Å². The van der Waals surface area contributed by atoms with Gasteiger partial charge in [-0.15, -0.1) is 0 Å². The van der Waals surface area contributed by atoms with Crippen molar-refractivity contribution in [2.45, 2.75) is 11.8 Å². The summed E-state index contributed by atoms with van der Waals surface area (Å²) in [6.07, 6.45) is 0. The lowest BCUT2D eigenvalue weighted by Crippen LogP contribution is -2.17. The molecular formula is C16H16N2O6S. The number of benzene rings is 2. The highest BCUT2D eigenvalue weighted by atomic mass is 32.2. The van der Waals surface area contributed by atoms with Crippen molar-refractivity contribution in [3.8, 4) is 5.75 Å². The number of non-ortho nitro benzene ring substituents is 1. The number of carbonyl (C=O) groups is 1. The molecule has 1 amide bonds. The molecule has 0 aliphatic heterocycles. The number of hydrogen-bond acceptors (Lipinski definition) is 6. The van der Waals surface area contributed by atoms with Crippen LogP contribution < -0.4 is 10.1 Å². The smallest absolute Gasteiger partial charge is 0.271 e. The fourth-order valence-electron chi connectivity index (χ4n) is 2.18. The van der Waals surface area contributed by atoms with E-state index in [-0.39, 0.29) is 33.3 Å². The maximum Gasteiger partial charge on any atom is 0.271 e. The first kappa shape index (κ1) is 18.4. The number of hydrogen-bond donors (Lipinski definition) is 1. The lowest BCUT2D eigenvalue weighted by Gasteiger charge is -2.12. The Balaban J connectivity index is 2.45. The first-order valence-electron chi connectivity index (χ1n) is 7.25. The van der Waals surface area contributed by atoms with E-state index in [9.17, 15) is 23.3 Å². The fourth-order valence-corrected chi connectivity index (χ4v) is 3.27. The molecule has 2 aromatic rings. The van der Waals surface area contributed by atoms with Crippen molar-refractivity contribution in [3.05, 3.63) is 58.1 Å². The van der Waals surface area contributed by atoms with Gasteiger partial charge in [-0.05, 0) is 18.2 Å². The van der Waals surface area contributed by atoms with Crippen LogP contribution in [0.4, 0.5) is 11.4 Å². The van der Waals surface area contributed by atoms with E-state index in [0.29, 0.717) is 0 Å². The minimum atomic E-state index is -3.60. The van der Waals surface area contributed by atoms with E-state index in [4.69, 9.17) is 4.74 Å². The Bertz CT molecular complexity index is 924. The molecule has 0 radical (unpaired) electrons. The molecule has 0 aliphatic rings. The standard InChI is InChI=1S/C16H16N2O6S/c1-3-25(22,23)15-7-5-4-6-12(15)16(19)17-13-10-11(18(20)21)8-9-14(13)24-2/h4-10H,3H2,1-2H3,(H,17,19). The van der Waals surface area contributed by atoms with Gasteiger partial charge < -0.3 is 10.1 Å². The van der Waals surface area contributed by atoms with E-state index < -0.39 is 20.7 Å². The van der Waals surface area contributed by atoms with Gasteiger partial charge in [0.1, 0.15) is 5.75 Å². The summed E-state index contributed by atoms with van der Waals surface area (Å²) in [6, 6.07) is 9.52. The van der Waals surface area contributed by atoms with Crippen LogP contribution in [0.2, 0.25) is 0 Å². The fraction of sp³-hybridized carbons (Fsp3) is 0.188. The summed E-state index contributed by atoms with van der Waals surface area (Å²) in [5.41, 5.74) is -0.200. The van der Waals surface area contributed by atoms with Crippen molar-refractivity contribution in [1.29, 1.82) is 0 Å². The Labute approximate surface area is 144 Å². The average molecular weight is 364 g/mol. The highest BCUT2D eigenvalue weighted by Gasteiger charge is 2.22. The van der Waals surface area contributed by atoms with Gasteiger partial charge in [0.2, 0.25) is 0 Å². The molecule has 2 aromatic carbocycles. The number of methoxy groups -OCH3 is 1. The van der Waals surface area contributed by atoms with Gasteiger partial charge in [-0.3, -0.25) is 14.9 Å². The third kappa shape index (κ3) is 3.94. The largest absolute Gasteiger partial charge is 0.495 e. The van der Waals surface area contributed by atoms with E-state index >= 15 is 0 Å². The van der Waals surface area contributed by atoms with Crippen molar-refractivity contribution >= 4 is 27.1 Å². The van der Waals surface area contributed by atoms with Crippen molar-refractivity contribution in [1.82, 2.24) is 0 Å². The Morgan fingerprint density at radius 2 is 1.92 bits per heavy atom. The molecule has 0 bridgehead atoms. The van der Waals surface area contributed by atoms with Gasteiger partial charge in [-0.25, -0.2) is 8.42 Å². The van der Waals surface area contributed by atoms with Gasteiger partial charge >= 0.3 is 0 Å². The molecule has 25 heavy (non-hydrogen) atoms. The summed E-state index contributed by atoms with van der Waals surface area (Å²) in [5.74, 6) is -0.640. The molecule has 0 atom stereocenters. The summed E-state index contributed by atoms with van der Waals surface area (Å²) < 4.78 is 29.4. The Kier molecular flexibility index (Phi) is 5.38. The molecule has 0 saturated carbocycles. The molecule has 132 valence electrons. The number of amides is 1. The molecular weight excluding hydrogens is 348 g/mol. The summed E-state index contributed by atoms with van der Waals surface area (Å²) in [4.78, 5) is 22.7. The highest BCUT2D eigenvalue weighted by molar-refractivity contribution is 7.91. The van der Waals surface area contributed by atoms with Crippen LogP contribution in [0.15, 0.2) is 47.4 Å². The Morgan fingerprint density at radius 1 is 1.24 bits per heavy atom. The number of carbonyl (C=O) groups excluding carboxylic acids is 1. The number of ether oxygens (including phenoxy) is 1. The molecule has 0 aromatic heterocycles. The van der Waals surface area contributed by atoms with Crippen LogP contribution in [0.25, 0.3) is 0 Å². The van der Waals surface area contributed by atoms with Crippen molar-refractivity contribution in [2.75, 3.05) is 18.2 Å². The molecule has 0 spiro atoms. The number of nitrogens with one attached hydrogen (secondary N) is 1. The lowest BCUT2D eigenvalue weighted by atomic mass is 10.2. The van der Waals surface area contributed by atoms with Crippen molar-refractivity contribution in [3.63, 3.8) is 0 Å². The van der Waals surface area contributed by atoms with E-state index in [1.54, 1.807) is 0 Å². The summed E-state index contributed by atoms with van der Waals surface area (Å²) >= 11 is 0. The first-order chi connectivity index (χ1) is 11.8. The van der Waals surface area contributed by atoms with E-state index in [1.165, 1.54) is 50.4 Å². The zero-order valence-corrected chi connectivity index (χ0v) is 14.4. The third-order valence-corrected chi connectivity index (χ3v) is 5.28. The Hall–Kier alpha value is -2.94. The van der Waals surface area contributed by atoms with Crippen LogP contribution in [0.1, 0.15) is 17.3 Å². The number of rotatable bonds is 6. The topological polar surface area (TPSA) is 116 Å². The molecule has 1 N–H and O–H groups in total. The molecule has 0 saturated heterocycles. The molecule has 8 nitrogen and oxygen atoms in total. The second-order valence-corrected chi connectivity index (χ2v) is 7.24. The van der Waals surface area contributed by atoms with Crippen LogP contribution in [-0.2, 0) is 9.84 Å². The number of nitro benzene ring substituents is 1. The lowest BCUT2D eigenvalue weighted by molar-refractivity contribution is -0.384. The predicted octanol–water partition coefficient (Wildman–Crippen LogP) is 2.65. The normalized spacial score (nSPS) is 11.0. The summed E-state index contributed by atoms with van der Waals surface area (Å²) in [7, 11) is -2.25. The van der Waals surface area contributed by atoms with Crippen molar-refractivity contribution in [2.24, 2.45) is 0 Å². The number of sulfone groups is 1. The van der Waals surface area contributed by atoms with Crippen LogP contribution in [0, 0.1) is 10.1 Å². The molecule has 9 heteroatoms. The van der Waals surface area contributed by atoms with Gasteiger partial charge in [-0.1, -0.05) is 19.1 Å². The quantitative estimate of drug-likeness (QED) is 0.622. The van der Waals surface area contributed by atoms with Crippen LogP contribution in [0.3, 0.4) is 0 Å².